The Morgan fingerprint density at radius 2 is 1.74 bits per heavy atom. The first-order valence-corrected chi connectivity index (χ1v) is 9.83. The zero-order chi connectivity index (χ0) is 22.4. The molecular weight excluding hydrogens is 394 g/mol. The molecule has 160 valence electrons. The second-order valence-corrected chi connectivity index (χ2v) is 7.31. The van der Waals surface area contributed by atoms with E-state index in [4.69, 9.17) is 4.74 Å². The summed E-state index contributed by atoms with van der Waals surface area (Å²) in [5.74, 6) is -0.147. The first-order valence-electron chi connectivity index (χ1n) is 9.83. The Balaban J connectivity index is 1.71. The molecule has 0 bridgehead atoms. The molecule has 0 spiro atoms. The minimum Gasteiger partial charge on any atom is -0.483 e. The highest BCUT2D eigenvalue weighted by atomic mass is 16.5. The minimum absolute atomic E-state index is 0.0276. The van der Waals surface area contributed by atoms with E-state index in [2.05, 4.69) is 5.32 Å². The van der Waals surface area contributed by atoms with Crippen LogP contribution in [-0.2, 0) is 18.4 Å². The molecule has 0 fully saturated rings. The Morgan fingerprint density at radius 1 is 1.06 bits per heavy atom. The highest BCUT2D eigenvalue weighted by Gasteiger charge is 2.17. The molecule has 1 aromatic heterocycles. The zero-order valence-corrected chi connectivity index (χ0v) is 17.8. The predicted octanol–water partition coefficient (Wildman–Crippen LogP) is 2.98. The molecule has 0 aliphatic carbocycles. The second-order valence-electron chi connectivity index (χ2n) is 7.31. The number of anilines is 1. The Hall–Kier alpha value is -3.87. The fourth-order valence-corrected chi connectivity index (χ4v) is 3.12. The number of carbonyl (C=O) groups excluding carboxylic acids is 2. The lowest BCUT2D eigenvalue weighted by molar-refractivity contribution is -0.118. The van der Waals surface area contributed by atoms with Crippen LogP contribution in [0.4, 0.5) is 5.69 Å². The van der Waals surface area contributed by atoms with Gasteiger partial charge in [-0.05, 0) is 30.2 Å². The molecule has 0 radical (unpaired) electrons. The van der Waals surface area contributed by atoms with Crippen LogP contribution in [0.3, 0.4) is 0 Å². The van der Waals surface area contributed by atoms with Gasteiger partial charge in [-0.3, -0.25) is 14.4 Å². The van der Waals surface area contributed by atoms with Crippen molar-refractivity contribution in [2.75, 3.05) is 19.0 Å². The molecule has 1 heterocycles. The van der Waals surface area contributed by atoms with Crippen LogP contribution in [0.1, 0.15) is 21.5 Å². The van der Waals surface area contributed by atoms with Crippen LogP contribution in [0.5, 0.6) is 5.75 Å². The van der Waals surface area contributed by atoms with Crippen LogP contribution in [0.2, 0.25) is 0 Å². The van der Waals surface area contributed by atoms with Crippen molar-refractivity contribution >= 4 is 17.5 Å². The van der Waals surface area contributed by atoms with Gasteiger partial charge in [0.15, 0.2) is 6.61 Å². The van der Waals surface area contributed by atoms with E-state index < -0.39 is 11.5 Å². The number of pyridine rings is 1. The molecule has 31 heavy (non-hydrogen) atoms. The summed E-state index contributed by atoms with van der Waals surface area (Å²) in [7, 11) is 3.23. The molecule has 0 unspecified atom stereocenters. The van der Waals surface area contributed by atoms with Crippen LogP contribution in [0.25, 0.3) is 0 Å². The smallest absolute Gasteiger partial charge is 0.274 e. The molecule has 7 heteroatoms. The van der Waals surface area contributed by atoms with E-state index in [9.17, 15) is 14.4 Å². The number of para-hydroxylation sites is 1. The van der Waals surface area contributed by atoms with Gasteiger partial charge in [-0.2, -0.15) is 0 Å². The largest absolute Gasteiger partial charge is 0.483 e. The molecule has 7 nitrogen and oxygen atoms in total. The first kappa shape index (κ1) is 21.8. The average Bonchev–Trinajstić information content (AvgIpc) is 2.76. The van der Waals surface area contributed by atoms with E-state index in [1.165, 1.54) is 23.9 Å². The Kier molecular flexibility index (Phi) is 6.87. The molecule has 0 aliphatic heterocycles. The van der Waals surface area contributed by atoms with Gasteiger partial charge in [-0.15, -0.1) is 0 Å². The normalized spacial score (nSPS) is 10.4. The van der Waals surface area contributed by atoms with Gasteiger partial charge in [0.25, 0.3) is 17.4 Å². The van der Waals surface area contributed by atoms with E-state index in [0.717, 1.165) is 11.1 Å². The van der Waals surface area contributed by atoms with Gasteiger partial charge in [0.05, 0.1) is 5.56 Å². The number of ether oxygens (including phenoxy) is 1. The van der Waals surface area contributed by atoms with Crippen LogP contribution < -0.4 is 15.6 Å². The molecular formula is C24H25N3O4. The van der Waals surface area contributed by atoms with Gasteiger partial charge in [0.2, 0.25) is 0 Å². The topological polar surface area (TPSA) is 80.6 Å². The SMILES string of the molecule is Cc1ccccc1OCC(=O)Nc1cc(C(=O)N(C)Cc2ccccc2)cn(C)c1=O. The number of carbonyl (C=O) groups is 2. The molecule has 2 amide bonds. The number of aromatic nitrogens is 1. The monoisotopic (exact) mass is 419 g/mol. The Morgan fingerprint density at radius 3 is 2.45 bits per heavy atom. The quantitative estimate of drug-likeness (QED) is 0.638. The molecule has 0 saturated carbocycles. The van der Waals surface area contributed by atoms with Crippen LogP contribution in [-0.4, -0.2) is 34.9 Å². The van der Waals surface area contributed by atoms with Gasteiger partial charge in [0, 0.05) is 26.8 Å². The zero-order valence-electron chi connectivity index (χ0n) is 17.8. The van der Waals surface area contributed by atoms with Gasteiger partial charge in [-0.1, -0.05) is 48.5 Å². The first-order chi connectivity index (χ1) is 14.8. The molecule has 0 saturated heterocycles. The maximum atomic E-state index is 12.9. The highest BCUT2D eigenvalue weighted by molar-refractivity contribution is 5.97. The van der Waals surface area contributed by atoms with Crippen molar-refractivity contribution in [1.29, 1.82) is 0 Å². The fourth-order valence-electron chi connectivity index (χ4n) is 3.12. The third kappa shape index (κ3) is 5.60. The minimum atomic E-state index is -0.484. The molecule has 1 N–H and O–H groups in total. The standard InChI is InChI=1S/C24H25N3O4/c1-17-9-7-8-12-21(17)31-16-22(28)25-20-13-19(15-27(3)24(20)30)23(29)26(2)14-18-10-5-4-6-11-18/h4-13,15H,14,16H2,1-3H3,(H,25,28). The summed E-state index contributed by atoms with van der Waals surface area (Å²) >= 11 is 0. The summed E-state index contributed by atoms with van der Waals surface area (Å²) in [6.45, 7) is 2.05. The van der Waals surface area contributed by atoms with Crippen molar-refractivity contribution in [2.24, 2.45) is 7.05 Å². The van der Waals surface area contributed by atoms with E-state index in [1.807, 2.05) is 55.5 Å². The molecule has 0 aliphatic rings. The van der Waals surface area contributed by atoms with Crippen molar-refractivity contribution < 1.29 is 14.3 Å². The third-order valence-electron chi connectivity index (χ3n) is 4.77. The maximum absolute atomic E-state index is 12.9. The molecule has 3 aromatic rings. The van der Waals surface area contributed by atoms with Gasteiger partial charge >= 0.3 is 0 Å². The molecule has 2 aromatic carbocycles. The second kappa shape index (κ2) is 9.75. The van der Waals surface area contributed by atoms with Crippen molar-refractivity contribution in [3.05, 3.63) is 93.9 Å². The number of nitrogens with one attached hydrogen (secondary N) is 1. The third-order valence-corrected chi connectivity index (χ3v) is 4.77. The van der Waals surface area contributed by atoms with Gasteiger partial charge in [-0.25, -0.2) is 0 Å². The number of benzene rings is 2. The predicted molar refractivity (Wildman–Crippen MR) is 119 cm³/mol. The summed E-state index contributed by atoms with van der Waals surface area (Å²) in [4.78, 5) is 39.2. The van der Waals surface area contributed by atoms with Crippen molar-refractivity contribution in [3.63, 3.8) is 0 Å². The van der Waals surface area contributed by atoms with Crippen molar-refractivity contribution in [3.8, 4) is 5.75 Å². The van der Waals surface area contributed by atoms with Gasteiger partial charge < -0.3 is 19.5 Å². The number of nitrogens with zero attached hydrogens (tertiary/aromatic N) is 2. The lowest BCUT2D eigenvalue weighted by atomic mass is 10.2. The number of hydrogen-bond acceptors (Lipinski definition) is 4. The number of rotatable bonds is 7. The summed E-state index contributed by atoms with van der Waals surface area (Å²) in [5, 5.41) is 2.56. The summed E-state index contributed by atoms with van der Waals surface area (Å²) in [5.41, 5.74) is 1.81. The van der Waals surface area contributed by atoms with E-state index in [-0.39, 0.29) is 18.2 Å². The number of amides is 2. The molecule has 0 atom stereocenters. The molecule has 3 rings (SSSR count). The van der Waals surface area contributed by atoms with Crippen molar-refractivity contribution in [1.82, 2.24) is 9.47 Å². The summed E-state index contributed by atoms with van der Waals surface area (Å²) in [6.07, 6.45) is 1.46. The van der Waals surface area contributed by atoms with E-state index in [1.54, 1.807) is 18.0 Å². The Labute approximate surface area is 180 Å². The van der Waals surface area contributed by atoms with E-state index in [0.29, 0.717) is 17.9 Å². The van der Waals surface area contributed by atoms with Crippen molar-refractivity contribution in [2.45, 2.75) is 13.5 Å². The Bertz CT molecular complexity index is 1140. The van der Waals surface area contributed by atoms with E-state index >= 15 is 0 Å². The highest BCUT2D eigenvalue weighted by Crippen LogP contribution is 2.16. The number of hydrogen-bond donors (Lipinski definition) is 1. The van der Waals surface area contributed by atoms with Gasteiger partial charge in [0.1, 0.15) is 11.4 Å². The van der Waals surface area contributed by atoms with Crippen LogP contribution >= 0.6 is 0 Å². The lowest BCUT2D eigenvalue weighted by Crippen LogP contribution is -2.31. The summed E-state index contributed by atoms with van der Waals surface area (Å²) in [6, 6.07) is 18.3. The summed E-state index contributed by atoms with van der Waals surface area (Å²) < 4.78 is 6.81. The lowest BCUT2D eigenvalue weighted by Gasteiger charge is -2.18. The maximum Gasteiger partial charge on any atom is 0.274 e. The van der Waals surface area contributed by atoms with Crippen LogP contribution in [0, 0.1) is 6.92 Å². The number of aryl methyl sites for hydroxylation is 2. The average molecular weight is 419 g/mol. The fraction of sp³-hybridized carbons (Fsp3) is 0.208. The van der Waals surface area contributed by atoms with Crippen LogP contribution in [0.15, 0.2) is 71.7 Å².